The van der Waals surface area contributed by atoms with Crippen molar-refractivity contribution in [3.63, 3.8) is 0 Å². The van der Waals surface area contributed by atoms with Crippen molar-refractivity contribution >= 4 is 27.3 Å². The highest BCUT2D eigenvalue weighted by molar-refractivity contribution is 7.91. The maximum Gasteiger partial charge on any atom is 0.322 e. The molecule has 1 aromatic rings. The fourth-order valence-electron chi connectivity index (χ4n) is 1.43. The zero-order valence-corrected chi connectivity index (χ0v) is 12.1. The quantitative estimate of drug-likeness (QED) is 0.837. The largest absolute Gasteiger partial charge is 0.480 e. The number of carboxylic acids is 1. The molecule has 0 aromatic carbocycles. The number of carbonyl (C=O) groups is 1. The van der Waals surface area contributed by atoms with Crippen LogP contribution in [-0.4, -0.2) is 25.5 Å². The summed E-state index contributed by atoms with van der Waals surface area (Å²) in [7, 11) is -3.75. The molecule has 0 aliphatic rings. The summed E-state index contributed by atoms with van der Waals surface area (Å²) in [4.78, 5) is 12.0. The number of hydrogen-bond donors (Lipinski definition) is 2. The summed E-state index contributed by atoms with van der Waals surface area (Å²) >= 11 is 1.12. The SMILES string of the molecule is CCC(C)C(NS(=O)(=O)c1ccc(C)s1)C(=O)O. The number of aliphatic carboxylic acids is 1. The van der Waals surface area contributed by atoms with Crippen molar-refractivity contribution in [2.75, 3.05) is 0 Å². The van der Waals surface area contributed by atoms with Crippen molar-refractivity contribution in [1.82, 2.24) is 4.72 Å². The molecule has 102 valence electrons. The number of hydrogen-bond acceptors (Lipinski definition) is 4. The molecule has 0 amide bonds. The predicted octanol–water partition coefficient (Wildman–Crippen LogP) is 1.83. The summed E-state index contributed by atoms with van der Waals surface area (Å²) in [6, 6.07) is 2.08. The third-order valence-electron chi connectivity index (χ3n) is 2.74. The van der Waals surface area contributed by atoms with Gasteiger partial charge < -0.3 is 5.11 Å². The first-order valence-corrected chi connectivity index (χ1v) is 7.89. The van der Waals surface area contributed by atoms with Crippen LogP contribution in [0.15, 0.2) is 16.3 Å². The van der Waals surface area contributed by atoms with Crippen LogP contribution < -0.4 is 4.72 Å². The Kier molecular flexibility index (Phi) is 4.89. The van der Waals surface area contributed by atoms with Crippen LogP contribution in [0.25, 0.3) is 0 Å². The Bertz CT molecular complexity index is 521. The fraction of sp³-hybridized carbons (Fsp3) is 0.545. The van der Waals surface area contributed by atoms with Gasteiger partial charge in [0.05, 0.1) is 0 Å². The summed E-state index contributed by atoms with van der Waals surface area (Å²) in [6.07, 6.45) is 0.586. The van der Waals surface area contributed by atoms with Crippen molar-refractivity contribution in [2.24, 2.45) is 5.92 Å². The van der Waals surface area contributed by atoms with Gasteiger partial charge in [0.25, 0.3) is 10.0 Å². The van der Waals surface area contributed by atoms with Crippen LogP contribution in [0.2, 0.25) is 0 Å². The zero-order valence-electron chi connectivity index (χ0n) is 10.5. The third-order valence-corrected chi connectivity index (χ3v) is 5.68. The molecular weight excluding hydrogens is 274 g/mol. The number of carboxylic acid groups (broad SMARTS) is 1. The summed E-state index contributed by atoms with van der Waals surface area (Å²) in [5, 5.41) is 9.07. The van der Waals surface area contributed by atoms with E-state index in [1.807, 2.05) is 6.92 Å². The third kappa shape index (κ3) is 3.54. The van der Waals surface area contributed by atoms with Crippen LogP contribution >= 0.6 is 11.3 Å². The Hall–Kier alpha value is -0.920. The first-order valence-electron chi connectivity index (χ1n) is 5.59. The van der Waals surface area contributed by atoms with E-state index in [4.69, 9.17) is 5.11 Å². The average Bonchev–Trinajstić information content (AvgIpc) is 2.72. The lowest BCUT2D eigenvalue weighted by atomic mass is 10.0. The van der Waals surface area contributed by atoms with E-state index >= 15 is 0 Å². The molecule has 0 bridgehead atoms. The van der Waals surface area contributed by atoms with Gasteiger partial charge in [0.2, 0.25) is 0 Å². The van der Waals surface area contributed by atoms with E-state index in [1.54, 1.807) is 19.9 Å². The monoisotopic (exact) mass is 291 g/mol. The molecule has 0 spiro atoms. The Morgan fingerprint density at radius 1 is 1.50 bits per heavy atom. The van der Waals surface area contributed by atoms with Crippen LogP contribution in [-0.2, 0) is 14.8 Å². The molecule has 1 aromatic heterocycles. The molecule has 2 atom stereocenters. The van der Waals surface area contributed by atoms with Crippen LogP contribution in [0, 0.1) is 12.8 Å². The van der Waals surface area contributed by atoms with Crippen LogP contribution in [0.4, 0.5) is 0 Å². The molecule has 5 nitrogen and oxygen atoms in total. The molecule has 2 unspecified atom stereocenters. The van der Waals surface area contributed by atoms with Gasteiger partial charge in [-0.15, -0.1) is 11.3 Å². The number of sulfonamides is 1. The molecule has 0 saturated heterocycles. The Morgan fingerprint density at radius 3 is 2.50 bits per heavy atom. The molecule has 0 radical (unpaired) electrons. The summed E-state index contributed by atoms with van der Waals surface area (Å²) in [5.41, 5.74) is 0. The van der Waals surface area contributed by atoms with Gasteiger partial charge >= 0.3 is 5.97 Å². The van der Waals surface area contributed by atoms with Gasteiger partial charge in [-0.05, 0) is 25.0 Å². The maximum absolute atomic E-state index is 12.0. The van der Waals surface area contributed by atoms with Crippen molar-refractivity contribution < 1.29 is 18.3 Å². The standard InChI is InChI=1S/C11H17NO4S2/c1-4-7(2)10(11(13)14)12-18(15,16)9-6-5-8(3)17-9/h5-7,10,12H,4H2,1-3H3,(H,13,14). The van der Waals surface area contributed by atoms with Crippen molar-refractivity contribution in [3.05, 3.63) is 17.0 Å². The lowest BCUT2D eigenvalue weighted by molar-refractivity contribution is -0.140. The fourth-order valence-corrected chi connectivity index (χ4v) is 4.03. The minimum absolute atomic E-state index is 0.148. The van der Waals surface area contributed by atoms with Gasteiger partial charge in [0.1, 0.15) is 10.3 Å². The Labute approximate surface area is 111 Å². The molecule has 1 heterocycles. The first-order chi connectivity index (χ1) is 8.27. The minimum atomic E-state index is -3.75. The molecule has 1 rings (SSSR count). The van der Waals surface area contributed by atoms with E-state index in [0.717, 1.165) is 16.2 Å². The van der Waals surface area contributed by atoms with Gasteiger partial charge in [0, 0.05) is 4.88 Å². The number of nitrogens with one attached hydrogen (secondary N) is 1. The number of rotatable bonds is 6. The molecule has 0 aliphatic carbocycles. The normalized spacial score (nSPS) is 15.3. The molecule has 0 fully saturated rings. The topological polar surface area (TPSA) is 83.5 Å². The van der Waals surface area contributed by atoms with Gasteiger partial charge in [0.15, 0.2) is 0 Å². The van der Waals surface area contributed by atoms with Crippen LogP contribution in [0.3, 0.4) is 0 Å². The highest BCUT2D eigenvalue weighted by Gasteiger charge is 2.29. The van der Waals surface area contributed by atoms with Crippen LogP contribution in [0.5, 0.6) is 0 Å². The maximum atomic E-state index is 12.0. The molecule has 0 aliphatic heterocycles. The predicted molar refractivity (Wildman–Crippen MR) is 70.3 cm³/mol. The van der Waals surface area contributed by atoms with E-state index in [9.17, 15) is 13.2 Å². The van der Waals surface area contributed by atoms with Gasteiger partial charge in [-0.25, -0.2) is 8.42 Å². The molecule has 0 saturated carbocycles. The lowest BCUT2D eigenvalue weighted by Gasteiger charge is -2.19. The van der Waals surface area contributed by atoms with Gasteiger partial charge in [-0.3, -0.25) is 4.79 Å². The van der Waals surface area contributed by atoms with Crippen molar-refractivity contribution in [1.29, 1.82) is 0 Å². The minimum Gasteiger partial charge on any atom is -0.480 e. The lowest BCUT2D eigenvalue weighted by Crippen LogP contribution is -2.44. The second-order valence-corrected chi connectivity index (χ2v) is 7.42. The van der Waals surface area contributed by atoms with Crippen molar-refractivity contribution in [2.45, 2.75) is 37.4 Å². The average molecular weight is 291 g/mol. The zero-order chi connectivity index (χ0) is 13.9. The summed E-state index contributed by atoms with van der Waals surface area (Å²) in [5.74, 6) is -1.42. The molecular formula is C11H17NO4S2. The Morgan fingerprint density at radius 2 is 2.11 bits per heavy atom. The van der Waals surface area contributed by atoms with Gasteiger partial charge in [-0.1, -0.05) is 20.3 Å². The molecule has 7 heteroatoms. The van der Waals surface area contributed by atoms with E-state index in [0.29, 0.717) is 6.42 Å². The highest BCUT2D eigenvalue weighted by Crippen LogP contribution is 2.21. The van der Waals surface area contributed by atoms with Gasteiger partial charge in [-0.2, -0.15) is 4.72 Å². The van der Waals surface area contributed by atoms with E-state index < -0.39 is 22.0 Å². The van der Waals surface area contributed by atoms with E-state index in [1.165, 1.54) is 6.07 Å². The summed E-state index contributed by atoms with van der Waals surface area (Å²) in [6.45, 7) is 5.33. The first kappa shape index (κ1) is 15.1. The van der Waals surface area contributed by atoms with E-state index in [-0.39, 0.29) is 10.1 Å². The molecule has 18 heavy (non-hydrogen) atoms. The number of aryl methyl sites for hydroxylation is 1. The summed E-state index contributed by atoms with van der Waals surface area (Å²) < 4.78 is 26.4. The smallest absolute Gasteiger partial charge is 0.322 e. The second kappa shape index (κ2) is 5.81. The van der Waals surface area contributed by atoms with E-state index in [2.05, 4.69) is 4.72 Å². The second-order valence-electron chi connectivity index (χ2n) is 4.19. The van der Waals surface area contributed by atoms with Crippen molar-refractivity contribution in [3.8, 4) is 0 Å². The highest BCUT2D eigenvalue weighted by atomic mass is 32.2. The number of thiophene rings is 1. The van der Waals surface area contributed by atoms with Crippen LogP contribution in [0.1, 0.15) is 25.1 Å². The molecule has 2 N–H and O–H groups in total. The Balaban J connectivity index is 2.96.